The van der Waals surface area contributed by atoms with E-state index in [1.807, 2.05) is 62.4 Å². The highest BCUT2D eigenvalue weighted by Crippen LogP contribution is 2.22. The molecule has 1 saturated heterocycles. The molecule has 1 aromatic heterocycles. The van der Waals surface area contributed by atoms with E-state index >= 15 is 0 Å². The highest BCUT2D eigenvalue weighted by molar-refractivity contribution is 9.10. The third kappa shape index (κ3) is 6.65. The molecule has 7 nitrogen and oxygen atoms in total. The van der Waals surface area contributed by atoms with Gasteiger partial charge in [0.15, 0.2) is 0 Å². The van der Waals surface area contributed by atoms with Gasteiger partial charge < -0.3 is 14.6 Å². The van der Waals surface area contributed by atoms with E-state index in [1.54, 1.807) is 0 Å². The summed E-state index contributed by atoms with van der Waals surface area (Å²) in [5.74, 6) is 2.03. The van der Waals surface area contributed by atoms with Crippen LogP contribution >= 0.6 is 15.9 Å². The van der Waals surface area contributed by atoms with E-state index in [1.165, 1.54) is 0 Å². The van der Waals surface area contributed by atoms with Crippen LogP contribution in [0.2, 0.25) is 0 Å². The molecule has 1 aliphatic heterocycles. The van der Waals surface area contributed by atoms with Crippen LogP contribution in [0.3, 0.4) is 0 Å². The Morgan fingerprint density at radius 3 is 2.70 bits per heavy atom. The van der Waals surface area contributed by atoms with Crippen molar-refractivity contribution < 1.29 is 14.1 Å². The number of carbonyl (C=O) groups excluding carboxylic acids is 1. The lowest BCUT2D eigenvalue weighted by atomic mass is 9.97. The Hall–Kier alpha value is -2.71. The van der Waals surface area contributed by atoms with E-state index in [-0.39, 0.29) is 17.9 Å². The second-order valence-electron chi connectivity index (χ2n) is 8.62. The van der Waals surface area contributed by atoms with Crippen molar-refractivity contribution >= 4 is 21.8 Å². The molecule has 33 heavy (non-hydrogen) atoms. The topological polar surface area (TPSA) is 80.5 Å². The summed E-state index contributed by atoms with van der Waals surface area (Å²) in [6.45, 7) is 6.66. The highest BCUT2D eigenvalue weighted by Gasteiger charge is 2.26. The van der Waals surface area contributed by atoms with Gasteiger partial charge in [0.1, 0.15) is 5.75 Å². The van der Waals surface area contributed by atoms with Crippen molar-refractivity contribution in [3.05, 3.63) is 64.5 Å². The number of ether oxygens (including phenoxy) is 1. The Balaban J connectivity index is 1.27. The molecule has 3 aromatic rings. The lowest BCUT2D eigenvalue weighted by Gasteiger charge is -2.30. The Morgan fingerprint density at radius 2 is 1.97 bits per heavy atom. The molecule has 1 N–H and O–H groups in total. The van der Waals surface area contributed by atoms with E-state index in [4.69, 9.17) is 9.26 Å². The van der Waals surface area contributed by atoms with Crippen LogP contribution in [0.25, 0.3) is 11.4 Å². The average molecular weight is 513 g/mol. The fourth-order valence-electron chi connectivity index (χ4n) is 3.93. The SMILES string of the molecule is CC(C)Oc1ccc(CNC(=O)C2CCCN(Cc3nc(-c4ccc(Br)cc4)no3)C2)cc1. The molecule has 1 unspecified atom stereocenters. The molecule has 0 aliphatic carbocycles. The second kappa shape index (κ2) is 10.9. The van der Waals surface area contributed by atoms with Gasteiger partial charge in [-0.25, -0.2) is 0 Å². The Kier molecular flexibility index (Phi) is 7.77. The van der Waals surface area contributed by atoms with Crippen LogP contribution in [0, 0.1) is 5.92 Å². The fourth-order valence-corrected chi connectivity index (χ4v) is 4.20. The van der Waals surface area contributed by atoms with Crippen molar-refractivity contribution in [3.8, 4) is 17.1 Å². The summed E-state index contributed by atoms with van der Waals surface area (Å²) in [4.78, 5) is 19.5. The van der Waals surface area contributed by atoms with Crippen molar-refractivity contribution in [2.24, 2.45) is 5.92 Å². The van der Waals surface area contributed by atoms with Crippen LogP contribution in [0.15, 0.2) is 57.5 Å². The van der Waals surface area contributed by atoms with E-state index in [0.717, 1.165) is 40.7 Å². The van der Waals surface area contributed by atoms with Crippen LogP contribution in [-0.2, 0) is 17.9 Å². The lowest BCUT2D eigenvalue weighted by Crippen LogP contribution is -2.42. The first kappa shape index (κ1) is 23.4. The third-order valence-corrected chi connectivity index (χ3v) is 6.10. The zero-order valence-corrected chi connectivity index (χ0v) is 20.5. The summed E-state index contributed by atoms with van der Waals surface area (Å²) >= 11 is 3.43. The largest absolute Gasteiger partial charge is 0.491 e. The summed E-state index contributed by atoms with van der Waals surface area (Å²) in [6, 6.07) is 15.7. The summed E-state index contributed by atoms with van der Waals surface area (Å²) in [5.41, 5.74) is 1.96. The first-order chi connectivity index (χ1) is 16.0. The van der Waals surface area contributed by atoms with Gasteiger partial charge in [0.05, 0.1) is 18.6 Å². The monoisotopic (exact) mass is 512 g/mol. The Morgan fingerprint density at radius 1 is 1.21 bits per heavy atom. The van der Waals surface area contributed by atoms with Gasteiger partial charge in [0.2, 0.25) is 17.6 Å². The third-order valence-electron chi connectivity index (χ3n) is 5.57. The van der Waals surface area contributed by atoms with Crippen LogP contribution in [0.1, 0.15) is 38.1 Å². The smallest absolute Gasteiger partial charge is 0.241 e. The van der Waals surface area contributed by atoms with Crippen LogP contribution in [0.4, 0.5) is 0 Å². The number of amides is 1. The number of hydrogen-bond donors (Lipinski definition) is 1. The zero-order valence-electron chi connectivity index (χ0n) is 19.0. The number of rotatable bonds is 8. The van der Waals surface area contributed by atoms with Gasteiger partial charge in [-0.05, 0) is 75.2 Å². The molecule has 0 bridgehead atoms. The van der Waals surface area contributed by atoms with Crippen molar-refractivity contribution in [2.75, 3.05) is 13.1 Å². The van der Waals surface area contributed by atoms with E-state index in [0.29, 0.717) is 31.3 Å². The van der Waals surface area contributed by atoms with Gasteiger partial charge in [-0.1, -0.05) is 33.2 Å². The number of hydrogen-bond acceptors (Lipinski definition) is 6. The number of likely N-dealkylation sites (tertiary alicyclic amines) is 1. The Labute approximate surface area is 202 Å². The number of nitrogens with one attached hydrogen (secondary N) is 1. The maximum Gasteiger partial charge on any atom is 0.241 e. The number of nitrogens with zero attached hydrogens (tertiary/aromatic N) is 3. The van der Waals surface area contributed by atoms with Crippen molar-refractivity contribution in [1.82, 2.24) is 20.4 Å². The van der Waals surface area contributed by atoms with Gasteiger partial charge in [0.25, 0.3) is 0 Å². The second-order valence-corrected chi connectivity index (χ2v) is 9.54. The molecular formula is C25H29BrN4O3. The molecule has 1 aliphatic rings. The number of halogens is 1. The van der Waals surface area contributed by atoms with Crippen LogP contribution in [0.5, 0.6) is 5.75 Å². The highest BCUT2D eigenvalue weighted by atomic mass is 79.9. The lowest BCUT2D eigenvalue weighted by molar-refractivity contribution is -0.127. The predicted octanol–water partition coefficient (Wildman–Crippen LogP) is 4.81. The molecule has 0 saturated carbocycles. The summed E-state index contributed by atoms with van der Waals surface area (Å²) in [7, 11) is 0. The molecule has 8 heteroatoms. The van der Waals surface area contributed by atoms with Crippen molar-refractivity contribution in [2.45, 2.75) is 45.9 Å². The van der Waals surface area contributed by atoms with Crippen LogP contribution in [-0.4, -0.2) is 40.1 Å². The van der Waals surface area contributed by atoms with E-state index in [9.17, 15) is 4.79 Å². The van der Waals surface area contributed by atoms with E-state index in [2.05, 4.69) is 36.3 Å². The maximum atomic E-state index is 12.8. The summed E-state index contributed by atoms with van der Waals surface area (Å²) in [6.07, 6.45) is 1.99. The summed E-state index contributed by atoms with van der Waals surface area (Å²) in [5, 5.41) is 7.19. The summed E-state index contributed by atoms with van der Waals surface area (Å²) < 4.78 is 12.1. The molecule has 1 atom stereocenters. The molecule has 0 radical (unpaired) electrons. The Bertz CT molecular complexity index is 1050. The molecule has 2 heterocycles. The maximum absolute atomic E-state index is 12.8. The number of benzene rings is 2. The molecule has 4 rings (SSSR count). The normalized spacial score (nSPS) is 16.7. The molecule has 1 fully saturated rings. The zero-order chi connectivity index (χ0) is 23.2. The minimum absolute atomic E-state index is 0.0452. The fraction of sp³-hybridized carbons (Fsp3) is 0.400. The van der Waals surface area contributed by atoms with Gasteiger partial charge in [-0.15, -0.1) is 0 Å². The molecule has 2 aromatic carbocycles. The molecule has 174 valence electrons. The average Bonchev–Trinajstić information content (AvgIpc) is 3.27. The first-order valence-corrected chi connectivity index (χ1v) is 12.1. The molecular weight excluding hydrogens is 484 g/mol. The van der Waals surface area contributed by atoms with Crippen LogP contribution < -0.4 is 10.1 Å². The quantitative estimate of drug-likeness (QED) is 0.466. The van der Waals surface area contributed by atoms with E-state index < -0.39 is 0 Å². The predicted molar refractivity (Wildman–Crippen MR) is 129 cm³/mol. The minimum atomic E-state index is -0.0452. The van der Waals surface area contributed by atoms with Gasteiger partial charge >= 0.3 is 0 Å². The molecule has 0 spiro atoms. The standard InChI is InChI=1S/C25H29BrN4O3/c1-17(2)32-22-11-5-18(6-12-22)14-27-25(31)20-4-3-13-30(15-20)16-23-28-24(29-33-23)19-7-9-21(26)10-8-19/h5-12,17,20H,3-4,13-16H2,1-2H3,(H,27,31). The molecule has 1 amide bonds. The number of aromatic nitrogens is 2. The van der Waals surface area contributed by atoms with Gasteiger partial charge in [-0.3, -0.25) is 9.69 Å². The van der Waals surface area contributed by atoms with Gasteiger partial charge in [-0.2, -0.15) is 4.98 Å². The number of piperidine rings is 1. The van der Waals surface area contributed by atoms with Crippen molar-refractivity contribution in [1.29, 1.82) is 0 Å². The van der Waals surface area contributed by atoms with Crippen molar-refractivity contribution in [3.63, 3.8) is 0 Å². The van der Waals surface area contributed by atoms with Gasteiger partial charge in [0, 0.05) is 23.1 Å². The number of carbonyl (C=O) groups is 1. The minimum Gasteiger partial charge on any atom is -0.491 e. The first-order valence-electron chi connectivity index (χ1n) is 11.3.